The van der Waals surface area contributed by atoms with Crippen molar-refractivity contribution in [2.24, 2.45) is 5.73 Å². The summed E-state index contributed by atoms with van der Waals surface area (Å²) in [6.07, 6.45) is 0. The van der Waals surface area contributed by atoms with E-state index in [1.54, 1.807) is 6.07 Å². The number of benzene rings is 1. The Bertz CT molecular complexity index is 654. The number of amides is 1. The molecule has 0 bridgehead atoms. The van der Waals surface area contributed by atoms with E-state index >= 15 is 0 Å². The van der Waals surface area contributed by atoms with E-state index in [0.29, 0.717) is 5.76 Å². The van der Waals surface area contributed by atoms with Crippen LogP contribution in [0.3, 0.4) is 0 Å². The van der Waals surface area contributed by atoms with E-state index in [9.17, 15) is 4.79 Å². The predicted octanol–water partition coefficient (Wildman–Crippen LogP) is 2.64. The predicted molar refractivity (Wildman–Crippen MR) is 61.4 cm³/mol. The van der Waals surface area contributed by atoms with Gasteiger partial charge in [0.15, 0.2) is 5.76 Å². The second-order valence-corrected chi connectivity index (χ2v) is 3.67. The maximum atomic E-state index is 11.0. The number of fused-ring (bicyclic) bond motifs is 3. The van der Waals surface area contributed by atoms with Crippen molar-refractivity contribution in [2.45, 2.75) is 0 Å². The Labute approximate surface area is 91.8 Å². The zero-order valence-electron chi connectivity index (χ0n) is 8.44. The van der Waals surface area contributed by atoms with Crippen LogP contribution < -0.4 is 5.73 Å². The average Bonchev–Trinajstić information content (AvgIpc) is 2.66. The molecular weight excluding hydrogens is 202 g/mol. The van der Waals surface area contributed by atoms with Crippen molar-refractivity contribution < 1.29 is 9.21 Å². The summed E-state index contributed by atoms with van der Waals surface area (Å²) in [6.45, 7) is 0. The summed E-state index contributed by atoms with van der Waals surface area (Å²) >= 11 is 0. The lowest BCUT2D eigenvalue weighted by molar-refractivity contribution is 0.0973. The van der Waals surface area contributed by atoms with Gasteiger partial charge in [-0.25, -0.2) is 0 Å². The van der Waals surface area contributed by atoms with Crippen molar-refractivity contribution in [1.29, 1.82) is 0 Å². The van der Waals surface area contributed by atoms with Gasteiger partial charge in [-0.2, -0.15) is 0 Å². The van der Waals surface area contributed by atoms with E-state index in [2.05, 4.69) is 0 Å². The minimum atomic E-state index is -0.549. The van der Waals surface area contributed by atoms with Gasteiger partial charge in [0.1, 0.15) is 5.76 Å². The van der Waals surface area contributed by atoms with Gasteiger partial charge in [0.2, 0.25) is 0 Å². The molecule has 0 fully saturated rings. The first kappa shape index (κ1) is 8.97. The number of rotatable bonds is 1. The second kappa shape index (κ2) is 3.10. The Morgan fingerprint density at radius 1 is 1.12 bits per heavy atom. The highest BCUT2D eigenvalue weighted by Crippen LogP contribution is 2.34. The fraction of sp³-hybridized carbons (Fsp3) is 0. The molecule has 3 heteroatoms. The highest BCUT2D eigenvalue weighted by molar-refractivity contribution is 6.01. The first-order valence-corrected chi connectivity index (χ1v) is 4.97. The fourth-order valence-corrected chi connectivity index (χ4v) is 1.92. The molecule has 1 aromatic carbocycles. The minimum absolute atomic E-state index is 0.183. The first-order valence-electron chi connectivity index (χ1n) is 4.97. The summed E-state index contributed by atoms with van der Waals surface area (Å²) in [7, 11) is 0. The van der Waals surface area contributed by atoms with Gasteiger partial charge in [0.05, 0.1) is 0 Å². The van der Waals surface area contributed by atoms with Crippen LogP contribution in [0.1, 0.15) is 10.6 Å². The maximum absolute atomic E-state index is 11.0. The molecule has 2 aliphatic rings. The molecule has 2 N–H and O–H groups in total. The Balaban J connectivity index is 2.37. The molecule has 16 heavy (non-hydrogen) atoms. The molecule has 78 valence electrons. The molecule has 0 saturated carbocycles. The van der Waals surface area contributed by atoms with Gasteiger partial charge in [-0.15, -0.1) is 0 Å². The molecule has 0 spiro atoms. The fourth-order valence-electron chi connectivity index (χ4n) is 1.92. The topological polar surface area (TPSA) is 56.2 Å². The summed E-state index contributed by atoms with van der Waals surface area (Å²) in [4.78, 5) is 11.0. The van der Waals surface area contributed by atoms with Crippen LogP contribution >= 0.6 is 0 Å². The quantitative estimate of drug-likeness (QED) is 0.672. The summed E-state index contributed by atoms with van der Waals surface area (Å²) in [5.74, 6) is 0.326. The minimum Gasteiger partial charge on any atom is -0.451 e. The molecule has 0 unspecified atom stereocenters. The molecule has 1 amide bonds. The van der Waals surface area contributed by atoms with Gasteiger partial charge in [-0.3, -0.25) is 4.79 Å². The Kier molecular flexibility index (Phi) is 1.74. The van der Waals surface area contributed by atoms with Crippen LogP contribution in [-0.4, -0.2) is 5.91 Å². The average molecular weight is 211 g/mol. The summed E-state index contributed by atoms with van der Waals surface area (Å²) in [6, 6.07) is 13.4. The van der Waals surface area contributed by atoms with Crippen molar-refractivity contribution in [3.8, 4) is 11.3 Å². The van der Waals surface area contributed by atoms with E-state index in [1.807, 2.05) is 36.4 Å². The summed E-state index contributed by atoms with van der Waals surface area (Å²) in [5, 5.41) is 2.22. The third-order valence-electron chi connectivity index (χ3n) is 2.67. The van der Waals surface area contributed by atoms with Crippen LogP contribution in [-0.2, 0) is 0 Å². The zero-order valence-corrected chi connectivity index (χ0v) is 8.44. The number of hydrogen-bond donors (Lipinski definition) is 1. The van der Waals surface area contributed by atoms with Crippen molar-refractivity contribution >= 4 is 16.7 Å². The van der Waals surface area contributed by atoms with Gasteiger partial charge in [0.25, 0.3) is 5.91 Å². The third kappa shape index (κ3) is 1.18. The Morgan fingerprint density at radius 3 is 2.75 bits per heavy atom. The van der Waals surface area contributed by atoms with E-state index in [0.717, 1.165) is 16.3 Å². The monoisotopic (exact) mass is 211 g/mol. The maximum Gasteiger partial charge on any atom is 0.284 e. The lowest BCUT2D eigenvalue weighted by Gasteiger charge is -2.00. The molecule has 1 aromatic rings. The van der Waals surface area contributed by atoms with Crippen LogP contribution in [0.4, 0.5) is 0 Å². The van der Waals surface area contributed by atoms with E-state index in [1.165, 1.54) is 0 Å². The molecule has 0 saturated heterocycles. The van der Waals surface area contributed by atoms with Crippen LogP contribution in [0, 0.1) is 0 Å². The Hall–Kier alpha value is -2.29. The second-order valence-electron chi connectivity index (χ2n) is 3.67. The van der Waals surface area contributed by atoms with E-state index in [-0.39, 0.29) is 5.76 Å². The van der Waals surface area contributed by atoms with Crippen LogP contribution in [0.2, 0.25) is 0 Å². The Morgan fingerprint density at radius 2 is 1.94 bits per heavy atom. The van der Waals surface area contributed by atoms with Crippen molar-refractivity contribution in [3.63, 3.8) is 0 Å². The SMILES string of the molecule is NC(=O)c1ccc2c3ccccc3cc-2o1. The lowest BCUT2D eigenvalue weighted by atomic mass is 10.1. The first-order chi connectivity index (χ1) is 7.75. The number of carbonyl (C=O) groups is 1. The van der Waals surface area contributed by atoms with Gasteiger partial charge in [-0.05, 0) is 29.0 Å². The molecule has 3 nitrogen and oxygen atoms in total. The van der Waals surface area contributed by atoms with Crippen molar-refractivity contribution in [2.75, 3.05) is 0 Å². The van der Waals surface area contributed by atoms with Gasteiger partial charge < -0.3 is 10.2 Å². The van der Waals surface area contributed by atoms with Crippen molar-refractivity contribution in [1.82, 2.24) is 0 Å². The third-order valence-corrected chi connectivity index (χ3v) is 2.67. The van der Waals surface area contributed by atoms with Crippen LogP contribution in [0.25, 0.3) is 22.1 Å². The number of hydrogen-bond acceptors (Lipinski definition) is 2. The molecule has 1 aliphatic carbocycles. The normalized spacial score (nSPS) is 11.0. The standard InChI is InChI=1S/C13H9NO2/c14-13(15)11-6-5-10-9-4-2-1-3-8(9)7-12(10)16-11/h1-7H,(H2,14,15). The number of carbonyl (C=O) groups excluding carboxylic acids is 1. The number of primary amides is 1. The molecule has 0 radical (unpaired) electrons. The summed E-state index contributed by atoms with van der Waals surface area (Å²) in [5.41, 5.74) is 6.17. The highest BCUT2D eigenvalue weighted by atomic mass is 16.3. The van der Waals surface area contributed by atoms with E-state index < -0.39 is 5.91 Å². The van der Waals surface area contributed by atoms with Gasteiger partial charge >= 0.3 is 0 Å². The molecule has 3 rings (SSSR count). The molecule has 0 aromatic heterocycles. The largest absolute Gasteiger partial charge is 0.451 e. The molecular formula is C13H9NO2. The van der Waals surface area contributed by atoms with E-state index in [4.69, 9.17) is 10.2 Å². The molecule has 1 heterocycles. The highest BCUT2D eigenvalue weighted by Gasteiger charge is 2.13. The molecule has 1 aliphatic heterocycles. The zero-order chi connectivity index (χ0) is 11.1. The van der Waals surface area contributed by atoms with Gasteiger partial charge in [0, 0.05) is 5.56 Å². The van der Waals surface area contributed by atoms with Crippen LogP contribution in [0.15, 0.2) is 46.9 Å². The lowest BCUT2D eigenvalue weighted by Crippen LogP contribution is -2.10. The smallest absolute Gasteiger partial charge is 0.284 e. The van der Waals surface area contributed by atoms with Gasteiger partial charge in [-0.1, -0.05) is 24.3 Å². The number of nitrogens with two attached hydrogens (primary N) is 1. The summed E-state index contributed by atoms with van der Waals surface area (Å²) < 4.78 is 5.43. The molecule has 0 atom stereocenters. The van der Waals surface area contributed by atoms with Crippen LogP contribution in [0.5, 0.6) is 0 Å². The van der Waals surface area contributed by atoms with Crippen molar-refractivity contribution in [3.05, 3.63) is 48.2 Å².